The molecule has 1 aliphatic carbocycles. The minimum atomic E-state index is -3.72. The fourth-order valence-corrected chi connectivity index (χ4v) is 4.38. The molecular weight excluding hydrogens is 347 g/mol. The molecule has 1 saturated carbocycles. The Balaban J connectivity index is 2.20. The second-order valence-electron chi connectivity index (χ2n) is 5.38. The first-order valence-corrected chi connectivity index (χ1v) is 8.84. The maximum absolute atomic E-state index is 13.3. The second-order valence-corrected chi connectivity index (χ2v) is 7.92. The minimum Gasteiger partial charge on any atom is -0.398 e. The molecule has 0 atom stereocenters. The molecule has 112 valence electrons. The van der Waals surface area contributed by atoms with Gasteiger partial charge in [0.15, 0.2) is 0 Å². The van der Waals surface area contributed by atoms with Crippen LogP contribution in [0.3, 0.4) is 0 Å². The topological polar surface area (TPSA) is 72.2 Å². The van der Waals surface area contributed by atoms with Gasteiger partial charge in [-0.25, -0.2) is 17.5 Å². The minimum absolute atomic E-state index is 0.0700. The summed E-state index contributed by atoms with van der Waals surface area (Å²) >= 11 is 2.98. The third-order valence-corrected chi connectivity index (χ3v) is 5.86. The van der Waals surface area contributed by atoms with Gasteiger partial charge >= 0.3 is 0 Å². The molecule has 0 amide bonds. The highest BCUT2D eigenvalue weighted by Gasteiger charge is 2.26. The van der Waals surface area contributed by atoms with Gasteiger partial charge in [-0.15, -0.1) is 0 Å². The normalized spacial score (nSPS) is 23.8. The molecule has 1 aliphatic rings. The summed E-state index contributed by atoms with van der Waals surface area (Å²) in [5.74, 6) is 0.0636. The lowest BCUT2D eigenvalue weighted by Crippen LogP contribution is -2.37. The Hall–Kier alpha value is -0.660. The van der Waals surface area contributed by atoms with E-state index >= 15 is 0 Å². The maximum atomic E-state index is 13.3. The van der Waals surface area contributed by atoms with Gasteiger partial charge in [-0.3, -0.25) is 0 Å². The highest BCUT2D eigenvalue weighted by Crippen LogP contribution is 2.28. The fourth-order valence-electron chi connectivity index (χ4n) is 2.44. The number of benzene rings is 1. The Morgan fingerprint density at radius 3 is 2.50 bits per heavy atom. The van der Waals surface area contributed by atoms with Crippen LogP contribution in [0.25, 0.3) is 0 Å². The molecule has 3 N–H and O–H groups in total. The highest BCUT2D eigenvalue weighted by molar-refractivity contribution is 9.10. The number of rotatable bonds is 3. The van der Waals surface area contributed by atoms with Crippen LogP contribution in [0.4, 0.5) is 10.1 Å². The van der Waals surface area contributed by atoms with Crippen molar-refractivity contribution in [2.45, 2.75) is 43.5 Å². The van der Waals surface area contributed by atoms with Gasteiger partial charge in [0.05, 0.1) is 10.2 Å². The van der Waals surface area contributed by atoms with Crippen LogP contribution in [-0.4, -0.2) is 14.5 Å². The molecule has 0 saturated heterocycles. The number of halogens is 2. The standard InChI is InChI=1S/C13H18BrFN2O2S/c1-8-2-4-9(5-3-8)17-20(18,19)13-6-10(14)11(15)7-12(13)16/h6-9,17H,2-5,16H2,1H3. The van der Waals surface area contributed by atoms with Crippen molar-refractivity contribution in [1.82, 2.24) is 4.72 Å². The van der Waals surface area contributed by atoms with E-state index in [1.807, 2.05) is 0 Å². The molecular formula is C13H18BrFN2O2S. The molecule has 1 aromatic rings. The summed E-state index contributed by atoms with van der Waals surface area (Å²) in [6.07, 6.45) is 3.66. The molecule has 7 heteroatoms. The van der Waals surface area contributed by atoms with Crippen molar-refractivity contribution in [1.29, 1.82) is 0 Å². The molecule has 1 aromatic carbocycles. The smallest absolute Gasteiger partial charge is 0.242 e. The summed E-state index contributed by atoms with van der Waals surface area (Å²) in [5, 5.41) is 0. The number of hydrogen-bond donors (Lipinski definition) is 2. The van der Waals surface area contributed by atoms with Crippen LogP contribution >= 0.6 is 15.9 Å². The number of sulfonamides is 1. The Morgan fingerprint density at radius 2 is 1.90 bits per heavy atom. The maximum Gasteiger partial charge on any atom is 0.242 e. The third-order valence-electron chi connectivity index (χ3n) is 3.68. The molecule has 4 nitrogen and oxygen atoms in total. The van der Waals surface area contributed by atoms with E-state index in [2.05, 4.69) is 27.6 Å². The fraction of sp³-hybridized carbons (Fsp3) is 0.538. The van der Waals surface area contributed by atoms with Gasteiger partial charge in [-0.1, -0.05) is 6.92 Å². The zero-order valence-corrected chi connectivity index (χ0v) is 13.6. The summed E-state index contributed by atoms with van der Waals surface area (Å²) in [4.78, 5) is -0.0793. The van der Waals surface area contributed by atoms with E-state index in [9.17, 15) is 12.8 Å². The van der Waals surface area contributed by atoms with Gasteiger partial charge in [-0.05, 0) is 59.7 Å². The van der Waals surface area contributed by atoms with Crippen molar-refractivity contribution in [3.8, 4) is 0 Å². The molecule has 2 rings (SSSR count). The van der Waals surface area contributed by atoms with Crippen LogP contribution in [-0.2, 0) is 10.0 Å². The molecule has 0 spiro atoms. The quantitative estimate of drug-likeness (QED) is 0.809. The van der Waals surface area contributed by atoms with E-state index in [1.54, 1.807) is 0 Å². The van der Waals surface area contributed by atoms with Crippen LogP contribution < -0.4 is 10.5 Å². The largest absolute Gasteiger partial charge is 0.398 e. The van der Waals surface area contributed by atoms with E-state index in [-0.39, 0.29) is 21.1 Å². The van der Waals surface area contributed by atoms with Gasteiger partial charge < -0.3 is 5.73 Å². The van der Waals surface area contributed by atoms with Crippen LogP contribution in [0.15, 0.2) is 21.5 Å². The lowest BCUT2D eigenvalue weighted by molar-refractivity contribution is 0.332. The zero-order chi connectivity index (χ0) is 14.9. The van der Waals surface area contributed by atoms with Crippen molar-refractivity contribution in [3.63, 3.8) is 0 Å². The molecule has 0 unspecified atom stereocenters. The van der Waals surface area contributed by atoms with Gasteiger partial charge in [0, 0.05) is 6.04 Å². The molecule has 1 fully saturated rings. The van der Waals surface area contributed by atoms with E-state index in [0.29, 0.717) is 5.92 Å². The van der Waals surface area contributed by atoms with Crippen LogP contribution in [0.1, 0.15) is 32.6 Å². The number of hydrogen-bond acceptors (Lipinski definition) is 3. The monoisotopic (exact) mass is 364 g/mol. The molecule has 0 aromatic heterocycles. The first-order chi connectivity index (χ1) is 9.29. The zero-order valence-electron chi connectivity index (χ0n) is 11.2. The van der Waals surface area contributed by atoms with Crippen molar-refractivity contribution in [2.24, 2.45) is 5.92 Å². The van der Waals surface area contributed by atoms with Gasteiger partial charge in [0.1, 0.15) is 10.7 Å². The van der Waals surface area contributed by atoms with Crippen molar-refractivity contribution in [2.75, 3.05) is 5.73 Å². The van der Waals surface area contributed by atoms with Crippen LogP contribution in [0, 0.1) is 11.7 Å². The number of anilines is 1. The van der Waals surface area contributed by atoms with Gasteiger partial charge in [0.25, 0.3) is 0 Å². The molecule has 0 radical (unpaired) electrons. The van der Waals surface area contributed by atoms with Crippen molar-refractivity contribution >= 4 is 31.6 Å². The van der Waals surface area contributed by atoms with Crippen molar-refractivity contribution in [3.05, 3.63) is 22.4 Å². The molecule has 0 bridgehead atoms. The molecule has 20 heavy (non-hydrogen) atoms. The lowest BCUT2D eigenvalue weighted by atomic mass is 9.88. The Bertz CT molecular complexity index is 599. The van der Waals surface area contributed by atoms with Crippen LogP contribution in [0.2, 0.25) is 0 Å². The van der Waals surface area contributed by atoms with E-state index in [1.165, 1.54) is 6.07 Å². The number of nitrogens with one attached hydrogen (secondary N) is 1. The van der Waals surface area contributed by atoms with Crippen LogP contribution in [0.5, 0.6) is 0 Å². The third kappa shape index (κ3) is 3.51. The first kappa shape index (κ1) is 15.7. The molecule has 0 aliphatic heterocycles. The number of nitrogen functional groups attached to an aromatic ring is 1. The van der Waals surface area contributed by atoms with E-state index in [0.717, 1.165) is 31.7 Å². The van der Waals surface area contributed by atoms with Gasteiger partial charge in [-0.2, -0.15) is 0 Å². The van der Waals surface area contributed by atoms with E-state index in [4.69, 9.17) is 5.73 Å². The highest BCUT2D eigenvalue weighted by atomic mass is 79.9. The number of nitrogens with two attached hydrogens (primary N) is 1. The Kier molecular flexibility index (Phi) is 4.71. The Labute approximate surface area is 127 Å². The summed E-state index contributed by atoms with van der Waals surface area (Å²) in [6.45, 7) is 2.17. The summed E-state index contributed by atoms with van der Waals surface area (Å²) < 4.78 is 40.7. The summed E-state index contributed by atoms with van der Waals surface area (Å²) in [7, 11) is -3.72. The molecule has 0 heterocycles. The summed E-state index contributed by atoms with van der Waals surface area (Å²) in [5.41, 5.74) is 5.54. The lowest BCUT2D eigenvalue weighted by Gasteiger charge is -2.26. The van der Waals surface area contributed by atoms with Gasteiger partial charge in [0.2, 0.25) is 10.0 Å². The van der Waals surface area contributed by atoms with Crippen molar-refractivity contribution < 1.29 is 12.8 Å². The average molecular weight is 365 g/mol. The predicted octanol–water partition coefficient (Wildman–Crippen LogP) is 3.03. The average Bonchev–Trinajstić information content (AvgIpc) is 2.36. The Morgan fingerprint density at radius 1 is 1.30 bits per heavy atom. The second kappa shape index (κ2) is 5.99. The first-order valence-electron chi connectivity index (χ1n) is 6.56. The SMILES string of the molecule is CC1CCC(NS(=O)(=O)c2cc(Br)c(F)cc2N)CC1. The van der Waals surface area contributed by atoms with E-state index < -0.39 is 15.8 Å². The predicted molar refractivity (Wildman–Crippen MR) is 80.3 cm³/mol. The summed E-state index contributed by atoms with van der Waals surface area (Å²) in [6, 6.07) is 2.15.